The van der Waals surface area contributed by atoms with Gasteiger partial charge < -0.3 is 19.5 Å². The fraction of sp³-hybridized carbons (Fsp3) is 0.500. The first-order valence-electron chi connectivity index (χ1n) is 9.47. The molecular weight excluding hydrogens is 342 g/mol. The van der Waals surface area contributed by atoms with Crippen LogP contribution in [0, 0.1) is 6.92 Å². The number of aliphatic imine (C=N–C) groups is 1. The number of aryl methyl sites for hydroxylation is 1. The lowest BCUT2D eigenvalue weighted by molar-refractivity contribution is 0.169. The maximum atomic E-state index is 5.37. The minimum absolute atomic E-state index is 0.638. The Bertz CT molecular complexity index is 737. The summed E-state index contributed by atoms with van der Waals surface area (Å²) in [5.74, 6) is 1.85. The molecule has 1 saturated heterocycles. The summed E-state index contributed by atoms with van der Waals surface area (Å²) in [6.07, 6.45) is 1.63. The highest BCUT2D eigenvalue weighted by Crippen LogP contribution is 2.17. The first-order chi connectivity index (χ1) is 13.2. The van der Waals surface area contributed by atoms with E-state index in [2.05, 4.69) is 46.3 Å². The number of piperazine rings is 1. The largest absolute Gasteiger partial charge is 0.497 e. The molecule has 0 unspecified atom stereocenters. The lowest BCUT2D eigenvalue weighted by atomic mass is 10.1. The van der Waals surface area contributed by atoms with Crippen LogP contribution >= 0.6 is 0 Å². The topological polar surface area (TPSA) is 66.1 Å². The van der Waals surface area contributed by atoms with E-state index in [4.69, 9.17) is 14.3 Å². The fourth-order valence-electron chi connectivity index (χ4n) is 3.29. The van der Waals surface area contributed by atoms with Crippen molar-refractivity contribution in [2.75, 3.05) is 39.8 Å². The zero-order valence-corrected chi connectivity index (χ0v) is 16.4. The number of hydrogen-bond donors (Lipinski definition) is 1. The fourth-order valence-corrected chi connectivity index (χ4v) is 3.29. The Morgan fingerprint density at radius 3 is 2.74 bits per heavy atom. The zero-order chi connectivity index (χ0) is 19.1. The predicted octanol–water partition coefficient (Wildman–Crippen LogP) is 2.27. The van der Waals surface area contributed by atoms with Gasteiger partial charge in [-0.1, -0.05) is 11.2 Å². The van der Waals surface area contributed by atoms with E-state index < -0.39 is 0 Å². The van der Waals surface area contributed by atoms with Gasteiger partial charge in [-0.15, -0.1) is 0 Å². The molecule has 1 N–H and O–H groups in total. The summed E-state index contributed by atoms with van der Waals surface area (Å²) in [4.78, 5) is 9.58. The van der Waals surface area contributed by atoms with E-state index >= 15 is 0 Å². The van der Waals surface area contributed by atoms with Crippen molar-refractivity contribution in [3.63, 3.8) is 0 Å². The molecule has 7 nitrogen and oxygen atoms in total. The second kappa shape index (κ2) is 9.41. The van der Waals surface area contributed by atoms with Gasteiger partial charge in [0.05, 0.1) is 19.3 Å². The van der Waals surface area contributed by atoms with E-state index in [1.54, 1.807) is 13.4 Å². The van der Waals surface area contributed by atoms with Crippen molar-refractivity contribution in [1.29, 1.82) is 0 Å². The van der Waals surface area contributed by atoms with E-state index in [9.17, 15) is 0 Å². The summed E-state index contributed by atoms with van der Waals surface area (Å²) in [6, 6.07) is 8.17. The number of hydrogen-bond acceptors (Lipinski definition) is 5. The molecule has 7 heteroatoms. The van der Waals surface area contributed by atoms with E-state index in [0.29, 0.717) is 6.54 Å². The molecule has 1 aromatic heterocycles. The highest BCUT2D eigenvalue weighted by Gasteiger charge is 2.20. The minimum atomic E-state index is 0.638. The van der Waals surface area contributed by atoms with Crippen LogP contribution in [-0.2, 0) is 13.1 Å². The van der Waals surface area contributed by atoms with Crippen LogP contribution in [0.15, 0.2) is 40.0 Å². The molecule has 2 heterocycles. The van der Waals surface area contributed by atoms with Gasteiger partial charge in [-0.3, -0.25) is 4.90 Å². The van der Waals surface area contributed by atoms with Gasteiger partial charge in [0.2, 0.25) is 0 Å². The Kier molecular flexibility index (Phi) is 6.70. The van der Waals surface area contributed by atoms with Gasteiger partial charge in [-0.25, -0.2) is 4.99 Å². The molecule has 27 heavy (non-hydrogen) atoms. The van der Waals surface area contributed by atoms with Crippen LogP contribution in [-0.4, -0.2) is 60.7 Å². The summed E-state index contributed by atoms with van der Waals surface area (Å²) in [5, 5.41) is 7.43. The quantitative estimate of drug-likeness (QED) is 0.621. The van der Waals surface area contributed by atoms with Gasteiger partial charge in [-0.2, -0.15) is 0 Å². The molecule has 1 aliphatic heterocycles. The number of guanidine groups is 1. The third-order valence-electron chi connectivity index (χ3n) is 4.64. The van der Waals surface area contributed by atoms with Gasteiger partial charge in [0, 0.05) is 45.3 Å². The smallest absolute Gasteiger partial charge is 0.194 e. The van der Waals surface area contributed by atoms with Crippen molar-refractivity contribution in [2.24, 2.45) is 4.99 Å². The average Bonchev–Trinajstić information content (AvgIpc) is 3.18. The summed E-state index contributed by atoms with van der Waals surface area (Å²) < 4.78 is 10.3. The molecule has 1 aliphatic rings. The summed E-state index contributed by atoms with van der Waals surface area (Å²) in [7, 11) is 1.70. The monoisotopic (exact) mass is 371 g/mol. The molecule has 0 bridgehead atoms. The predicted molar refractivity (Wildman–Crippen MR) is 106 cm³/mol. The van der Waals surface area contributed by atoms with Crippen molar-refractivity contribution in [2.45, 2.75) is 26.9 Å². The van der Waals surface area contributed by atoms with Crippen LogP contribution in [0.5, 0.6) is 5.75 Å². The maximum Gasteiger partial charge on any atom is 0.194 e. The minimum Gasteiger partial charge on any atom is -0.497 e. The standard InChI is InChI=1S/C20H29N5O2/c1-4-21-20(22-14-17-11-16(2)12-19(13-17)26-3)25-8-6-24(7-9-25)15-18-5-10-27-23-18/h5,10-13H,4,6-9,14-15H2,1-3H3,(H,21,22). The van der Waals surface area contributed by atoms with Gasteiger partial charge >= 0.3 is 0 Å². The van der Waals surface area contributed by atoms with Gasteiger partial charge in [0.15, 0.2) is 5.96 Å². The second-order valence-electron chi connectivity index (χ2n) is 6.78. The van der Waals surface area contributed by atoms with Crippen LogP contribution in [0.3, 0.4) is 0 Å². The van der Waals surface area contributed by atoms with Crippen LogP contribution < -0.4 is 10.1 Å². The SMILES string of the molecule is CCNC(=NCc1cc(C)cc(OC)c1)N1CCN(Cc2ccon2)CC1. The van der Waals surface area contributed by atoms with E-state index in [0.717, 1.165) is 62.2 Å². The molecule has 0 amide bonds. The third-order valence-corrected chi connectivity index (χ3v) is 4.64. The highest BCUT2D eigenvalue weighted by molar-refractivity contribution is 5.80. The number of rotatable bonds is 6. The van der Waals surface area contributed by atoms with Crippen LogP contribution in [0.2, 0.25) is 0 Å². The molecule has 2 aromatic rings. The van der Waals surface area contributed by atoms with Gasteiger partial charge in [0.1, 0.15) is 12.0 Å². The molecule has 0 atom stereocenters. The van der Waals surface area contributed by atoms with Crippen molar-refractivity contribution in [3.8, 4) is 5.75 Å². The average molecular weight is 371 g/mol. The zero-order valence-electron chi connectivity index (χ0n) is 16.4. The first kappa shape index (κ1) is 19.2. The Morgan fingerprint density at radius 2 is 2.07 bits per heavy atom. The number of methoxy groups -OCH3 is 1. The Labute approximate surface area is 161 Å². The Hall–Kier alpha value is -2.54. The van der Waals surface area contributed by atoms with Crippen molar-refractivity contribution in [3.05, 3.63) is 47.3 Å². The third kappa shape index (κ3) is 5.47. The van der Waals surface area contributed by atoms with E-state index in [1.807, 2.05) is 12.1 Å². The lowest BCUT2D eigenvalue weighted by Crippen LogP contribution is -2.52. The maximum absolute atomic E-state index is 5.37. The van der Waals surface area contributed by atoms with E-state index in [-0.39, 0.29) is 0 Å². The lowest BCUT2D eigenvalue weighted by Gasteiger charge is -2.36. The number of nitrogens with zero attached hydrogens (tertiary/aromatic N) is 4. The van der Waals surface area contributed by atoms with Crippen LogP contribution in [0.1, 0.15) is 23.7 Å². The summed E-state index contributed by atoms with van der Waals surface area (Å²) in [5.41, 5.74) is 3.33. The molecule has 0 radical (unpaired) electrons. The van der Waals surface area contributed by atoms with E-state index in [1.165, 1.54) is 5.56 Å². The number of aromatic nitrogens is 1. The normalized spacial score (nSPS) is 15.8. The highest BCUT2D eigenvalue weighted by atomic mass is 16.5. The summed E-state index contributed by atoms with van der Waals surface area (Å²) in [6.45, 7) is 10.4. The number of benzene rings is 1. The second-order valence-corrected chi connectivity index (χ2v) is 6.78. The number of nitrogens with one attached hydrogen (secondary N) is 1. The molecule has 3 rings (SSSR count). The van der Waals surface area contributed by atoms with Crippen LogP contribution in [0.25, 0.3) is 0 Å². The molecule has 0 saturated carbocycles. The Morgan fingerprint density at radius 1 is 1.26 bits per heavy atom. The molecule has 0 aliphatic carbocycles. The van der Waals surface area contributed by atoms with Crippen molar-refractivity contribution < 1.29 is 9.26 Å². The van der Waals surface area contributed by atoms with Gasteiger partial charge in [0.25, 0.3) is 0 Å². The molecule has 1 fully saturated rings. The van der Waals surface area contributed by atoms with Crippen molar-refractivity contribution >= 4 is 5.96 Å². The van der Waals surface area contributed by atoms with Crippen LogP contribution in [0.4, 0.5) is 0 Å². The molecular formula is C20H29N5O2. The Balaban J connectivity index is 1.60. The molecule has 146 valence electrons. The molecule has 1 aromatic carbocycles. The molecule has 0 spiro atoms. The number of ether oxygens (including phenoxy) is 1. The first-order valence-corrected chi connectivity index (χ1v) is 9.47. The summed E-state index contributed by atoms with van der Waals surface area (Å²) >= 11 is 0. The van der Waals surface area contributed by atoms with Gasteiger partial charge in [-0.05, 0) is 37.1 Å². The van der Waals surface area contributed by atoms with Crippen molar-refractivity contribution in [1.82, 2.24) is 20.3 Å².